The van der Waals surface area contributed by atoms with Crippen LogP contribution in [0.15, 0.2) is 47.3 Å². The molecule has 0 spiro atoms. The summed E-state index contributed by atoms with van der Waals surface area (Å²) >= 11 is 0. The van der Waals surface area contributed by atoms with Gasteiger partial charge >= 0.3 is 0 Å². The second-order valence-electron chi connectivity index (χ2n) is 4.19. The molecule has 0 bridgehead atoms. The molecule has 3 N–H and O–H groups in total. The number of hydrogen-bond acceptors (Lipinski definition) is 3. The predicted octanol–water partition coefficient (Wildman–Crippen LogP) is 3.59. The first kappa shape index (κ1) is 14.5. The molecule has 1 rings (SSSR count). The van der Waals surface area contributed by atoms with E-state index in [1.807, 2.05) is 25.2 Å². The fourth-order valence-electron chi connectivity index (χ4n) is 1.53. The van der Waals surface area contributed by atoms with Crippen LogP contribution in [0, 0.1) is 0 Å². The number of ether oxygens (including phenoxy) is 1. The molecule has 0 aromatic carbocycles. The number of hydrogen-bond donors (Lipinski definition) is 2. The zero-order valence-corrected chi connectivity index (χ0v) is 11.0. The van der Waals surface area contributed by atoms with Crippen molar-refractivity contribution >= 4 is 0 Å². The van der Waals surface area contributed by atoms with Crippen molar-refractivity contribution in [3.8, 4) is 0 Å². The maximum Gasteiger partial charge on any atom is 0.158 e. The predicted molar refractivity (Wildman–Crippen MR) is 71.7 cm³/mol. The van der Waals surface area contributed by atoms with Crippen molar-refractivity contribution in [2.75, 3.05) is 0 Å². The minimum Gasteiger partial charge on any atom is -0.459 e. The van der Waals surface area contributed by atoms with E-state index in [4.69, 9.17) is 10.6 Å². The van der Waals surface area contributed by atoms with Crippen LogP contribution < -0.4 is 11.3 Å². The zero-order chi connectivity index (χ0) is 13.4. The highest BCUT2D eigenvalue weighted by Gasteiger charge is 2.10. The number of rotatable bonds is 6. The van der Waals surface area contributed by atoms with E-state index >= 15 is 0 Å². The normalized spacial score (nSPS) is 17.1. The van der Waals surface area contributed by atoms with E-state index in [9.17, 15) is 4.39 Å². The lowest BCUT2D eigenvalue weighted by atomic mass is 10.1. The molecule has 0 atom stereocenters. The molecule has 0 unspecified atom stereocenters. The van der Waals surface area contributed by atoms with Gasteiger partial charge in [-0.25, -0.2) is 4.39 Å². The largest absolute Gasteiger partial charge is 0.459 e. The van der Waals surface area contributed by atoms with Gasteiger partial charge in [-0.2, -0.15) is 0 Å². The van der Waals surface area contributed by atoms with E-state index in [0.29, 0.717) is 12.2 Å². The lowest BCUT2D eigenvalue weighted by Crippen LogP contribution is -2.18. The Morgan fingerprint density at radius 1 is 1.56 bits per heavy atom. The summed E-state index contributed by atoms with van der Waals surface area (Å²) in [4.78, 5) is 0. The molecule has 100 valence electrons. The molecule has 1 aliphatic carbocycles. The van der Waals surface area contributed by atoms with Gasteiger partial charge in [0.05, 0.1) is 0 Å². The third kappa shape index (κ3) is 4.75. The van der Waals surface area contributed by atoms with Crippen molar-refractivity contribution < 1.29 is 9.13 Å². The Balaban J connectivity index is 2.77. The van der Waals surface area contributed by atoms with Gasteiger partial charge in [0.25, 0.3) is 0 Å². The van der Waals surface area contributed by atoms with Crippen LogP contribution in [0.2, 0.25) is 0 Å². The first-order valence-electron chi connectivity index (χ1n) is 6.24. The van der Waals surface area contributed by atoms with E-state index in [1.54, 1.807) is 6.08 Å². The van der Waals surface area contributed by atoms with Crippen molar-refractivity contribution in [2.45, 2.75) is 39.5 Å². The summed E-state index contributed by atoms with van der Waals surface area (Å²) < 4.78 is 19.1. The maximum absolute atomic E-state index is 13.5. The van der Waals surface area contributed by atoms with Crippen molar-refractivity contribution in [2.24, 2.45) is 5.84 Å². The Labute approximate surface area is 108 Å². The molecule has 0 aromatic heterocycles. The van der Waals surface area contributed by atoms with Gasteiger partial charge in [0.15, 0.2) is 5.76 Å². The standard InChI is InChI=1S/C14H21FN2O/c1-3-6-12(10-9-11(2)17-16)18-14-8-5-4-7-13(14)15/h5,8-10,17H,3-4,6-7,16H2,1-2H3/b11-9+,12-10+. The number of nitrogens with two attached hydrogens (primary N) is 1. The van der Waals surface area contributed by atoms with Gasteiger partial charge in [-0.1, -0.05) is 13.0 Å². The highest BCUT2D eigenvalue weighted by atomic mass is 19.1. The lowest BCUT2D eigenvalue weighted by molar-refractivity contribution is 0.283. The molecule has 18 heavy (non-hydrogen) atoms. The molecule has 0 aromatic rings. The molecule has 3 nitrogen and oxygen atoms in total. The SMILES string of the molecule is CCC/C(=C\C=C(/C)NN)OC1=C(F)CCC=C1. The van der Waals surface area contributed by atoms with Crippen LogP contribution in [0.1, 0.15) is 39.5 Å². The highest BCUT2D eigenvalue weighted by molar-refractivity contribution is 5.23. The topological polar surface area (TPSA) is 47.3 Å². The Morgan fingerprint density at radius 3 is 2.94 bits per heavy atom. The van der Waals surface area contributed by atoms with Crippen LogP contribution in [0.4, 0.5) is 4.39 Å². The van der Waals surface area contributed by atoms with Crippen LogP contribution in [0.5, 0.6) is 0 Å². The first-order valence-corrected chi connectivity index (χ1v) is 6.24. The number of halogens is 1. The molecular weight excluding hydrogens is 231 g/mol. The lowest BCUT2D eigenvalue weighted by Gasteiger charge is -2.13. The van der Waals surface area contributed by atoms with Gasteiger partial charge in [-0.3, -0.25) is 5.84 Å². The average molecular weight is 252 g/mol. The molecule has 0 amide bonds. The monoisotopic (exact) mass is 252 g/mol. The summed E-state index contributed by atoms with van der Waals surface area (Å²) in [6.07, 6.45) is 10.1. The van der Waals surface area contributed by atoms with E-state index < -0.39 is 0 Å². The number of allylic oxidation sites excluding steroid dienone is 7. The number of nitrogens with one attached hydrogen (secondary N) is 1. The van der Waals surface area contributed by atoms with Crippen molar-refractivity contribution in [1.29, 1.82) is 0 Å². The molecular formula is C14H21FN2O. The highest BCUT2D eigenvalue weighted by Crippen LogP contribution is 2.24. The third-order valence-electron chi connectivity index (χ3n) is 2.55. The van der Waals surface area contributed by atoms with Crippen molar-refractivity contribution in [3.63, 3.8) is 0 Å². The minimum atomic E-state index is -0.183. The average Bonchev–Trinajstić information content (AvgIpc) is 2.38. The van der Waals surface area contributed by atoms with Crippen LogP contribution >= 0.6 is 0 Å². The molecule has 0 fully saturated rings. The van der Waals surface area contributed by atoms with Crippen molar-refractivity contribution in [1.82, 2.24) is 5.43 Å². The first-order chi connectivity index (χ1) is 8.67. The number of hydrazine groups is 1. The van der Waals surface area contributed by atoms with Gasteiger partial charge in [0.2, 0.25) is 0 Å². The Bertz CT molecular complexity index is 395. The molecule has 0 aliphatic heterocycles. The smallest absolute Gasteiger partial charge is 0.158 e. The van der Waals surface area contributed by atoms with Gasteiger partial charge in [0.1, 0.15) is 11.6 Å². The second-order valence-corrected chi connectivity index (χ2v) is 4.19. The van der Waals surface area contributed by atoms with Crippen molar-refractivity contribution in [3.05, 3.63) is 47.3 Å². The van der Waals surface area contributed by atoms with E-state index in [0.717, 1.165) is 30.7 Å². The summed E-state index contributed by atoms with van der Waals surface area (Å²) in [6.45, 7) is 3.90. The fourth-order valence-corrected chi connectivity index (χ4v) is 1.53. The Morgan fingerprint density at radius 2 is 2.33 bits per heavy atom. The maximum atomic E-state index is 13.5. The molecule has 0 saturated carbocycles. The van der Waals surface area contributed by atoms with Crippen LogP contribution in [-0.4, -0.2) is 0 Å². The zero-order valence-electron chi connectivity index (χ0n) is 11.0. The van der Waals surface area contributed by atoms with Gasteiger partial charge in [-0.05, 0) is 38.0 Å². The molecule has 4 heteroatoms. The molecule has 0 heterocycles. The summed E-state index contributed by atoms with van der Waals surface area (Å²) in [5, 5.41) is 0. The van der Waals surface area contributed by atoms with E-state index in [-0.39, 0.29) is 5.83 Å². The summed E-state index contributed by atoms with van der Waals surface area (Å²) in [5.41, 5.74) is 3.36. The third-order valence-corrected chi connectivity index (χ3v) is 2.55. The summed E-state index contributed by atoms with van der Waals surface area (Å²) in [7, 11) is 0. The summed E-state index contributed by atoms with van der Waals surface area (Å²) in [6, 6.07) is 0. The second kappa shape index (κ2) is 7.71. The van der Waals surface area contributed by atoms with Gasteiger partial charge < -0.3 is 10.2 Å². The van der Waals surface area contributed by atoms with Crippen LogP contribution in [0.25, 0.3) is 0 Å². The fraction of sp³-hybridized carbons (Fsp3) is 0.429. The summed E-state index contributed by atoms with van der Waals surface area (Å²) in [5.74, 6) is 6.15. The van der Waals surface area contributed by atoms with Gasteiger partial charge in [0, 0.05) is 18.5 Å². The Kier molecular flexibility index (Phi) is 6.22. The van der Waals surface area contributed by atoms with E-state index in [1.165, 1.54) is 0 Å². The van der Waals surface area contributed by atoms with Gasteiger partial charge in [-0.15, -0.1) is 0 Å². The van der Waals surface area contributed by atoms with Crippen LogP contribution in [-0.2, 0) is 4.74 Å². The quantitative estimate of drug-likeness (QED) is 0.329. The molecule has 1 aliphatic rings. The molecule has 0 radical (unpaired) electrons. The minimum absolute atomic E-state index is 0.183. The molecule has 0 saturated heterocycles. The Hall–Kier alpha value is -1.55. The van der Waals surface area contributed by atoms with Crippen LogP contribution in [0.3, 0.4) is 0 Å². The van der Waals surface area contributed by atoms with E-state index in [2.05, 4.69) is 12.3 Å².